The highest BCUT2D eigenvalue weighted by molar-refractivity contribution is 6.35. The molecule has 1 amide bonds. The SMILES string of the molecule is NC(N)=NCCCC(NC(=O)CNCc1c(Cl)cccc1Cl)C(=O)O. The molecule has 138 valence electrons. The molecule has 0 saturated carbocycles. The number of aliphatic imine (C=N–C) groups is 1. The Morgan fingerprint density at radius 2 is 1.88 bits per heavy atom. The second-order valence-electron chi connectivity index (χ2n) is 5.21. The topological polar surface area (TPSA) is 143 Å². The Balaban J connectivity index is 2.42. The Morgan fingerprint density at radius 1 is 1.24 bits per heavy atom. The number of hydrogen-bond donors (Lipinski definition) is 5. The highest BCUT2D eigenvalue weighted by Gasteiger charge is 2.19. The fourth-order valence-electron chi connectivity index (χ4n) is 2.01. The minimum absolute atomic E-state index is 0.0571. The summed E-state index contributed by atoms with van der Waals surface area (Å²) in [7, 11) is 0. The molecule has 10 heteroatoms. The molecular formula is C15H21Cl2N5O3. The van der Waals surface area contributed by atoms with Crippen LogP contribution in [0.1, 0.15) is 18.4 Å². The van der Waals surface area contributed by atoms with Crippen LogP contribution in [0.25, 0.3) is 0 Å². The van der Waals surface area contributed by atoms with Gasteiger partial charge >= 0.3 is 5.97 Å². The van der Waals surface area contributed by atoms with Crippen LogP contribution in [0.3, 0.4) is 0 Å². The lowest BCUT2D eigenvalue weighted by Crippen LogP contribution is -2.44. The Labute approximate surface area is 155 Å². The number of aliphatic carboxylic acids is 1. The fourth-order valence-corrected chi connectivity index (χ4v) is 2.54. The smallest absolute Gasteiger partial charge is 0.326 e. The van der Waals surface area contributed by atoms with Crippen molar-refractivity contribution in [3.8, 4) is 0 Å². The summed E-state index contributed by atoms with van der Waals surface area (Å²) in [5, 5.41) is 15.5. The minimum Gasteiger partial charge on any atom is -0.480 e. The number of nitrogens with two attached hydrogens (primary N) is 2. The summed E-state index contributed by atoms with van der Waals surface area (Å²) < 4.78 is 0. The van der Waals surface area contributed by atoms with Crippen molar-refractivity contribution in [2.75, 3.05) is 13.1 Å². The van der Waals surface area contributed by atoms with Crippen molar-refractivity contribution in [3.63, 3.8) is 0 Å². The molecule has 0 fully saturated rings. The Bertz CT molecular complexity index is 615. The van der Waals surface area contributed by atoms with Crippen molar-refractivity contribution < 1.29 is 14.7 Å². The summed E-state index contributed by atoms with van der Waals surface area (Å²) in [5.74, 6) is -1.62. The van der Waals surface area contributed by atoms with E-state index in [9.17, 15) is 9.59 Å². The molecule has 1 aromatic rings. The van der Waals surface area contributed by atoms with Gasteiger partial charge in [0.1, 0.15) is 6.04 Å². The van der Waals surface area contributed by atoms with E-state index < -0.39 is 17.9 Å². The van der Waals surface area contributed by atoms with Gasteiger partial charge in [-0.05, 0) is 25.0 Å². The highest BCUT2D eigenvalue weighted by atomic mass is 35.5. The van der Waals surface area contributed by atoms with E-state index in [2.05, 4.69) is 15.6 Å². The molecule has 7 N–H and O–H groups in total. The molecule has 0 radical (unpaired) electrons. The molecule has 8 nitrogen and oxygen atoms in total. The van der Waals surface area contributed by atoms with Gasteiger partial charge in [0.2, 0.25) is 5.91 Å². The average Bonchev–Trinajstić information content (AvgIpc) is 2.52. The molecule has 0 aliphatic rings. The highest BCUT2D eigenvalue weighted by Crippen LogP contribution is 2.23. The van der Waals surface area contributed by atoms with Crippen LogP contribution in [0, 0.1) is 0 Å². The van der Waals surface area contributed by atoms with E-state index in [1.807, 2.05) is 0 Å². The second kappa shape index (κ2) is 10.8. The van der Waals surface area contributed by atoms with Crippen LogP contribution in [0.4, 0.5) is 0 Å². The van der Waals surface area contributed by atoms with Crippen molar-refractivity contribution in [2.24, 2.45) is 16.5 Å². The van der Waals surface area contributed by atoms with Crippen LogP contribution in [0.5, 0.6) is 0 Å². The average molecular weight is 390 g/mol. The number of carbonyl (C=O) groups is 2. The van der Waals surface area contributed by atoms with Crippen molar-refractivity contribution in [1.29, 1.82) is 0 Å². The zero-order valence-electron chi connectivity index (χ0n) is 13.5. The van der Waals surface area contributed by atoms with Gasteiger partial charge in [0.15, 0.2) is 5.96 Å². The number of carboxylic acids is 1. The summed E-state index contributed by atoms with van der Waals surface area (Å²) in [6, 6.07) is 4.11. The molecule has 25 heavy (non-hydrogen) atoms. The third-order valence-corrected chi connectivity index (χ3v) is 3.94. The molecule has 1 atom stereocenters. The van der Waals surface area contributed by atoms with Crippen LogP contribution in [-0.2, 0) is 16.1 Å². The van der Waals surface area contributed by atoms with Gasteiger partial charge in [0.05, 0.1) is 6.54 Å². The molecule has 0 bridgehead atoms. The van der Waals surface area contributed by atoms with Crippen molar-refractivity contribution in [1.82, 2.24) is 10.6 Å². The Morgan fingerprint density at radius 3 is 2.44 bits per heavy atom. The largest absolute Gasteiger partial charge is 0.480 e. The molecule has 0 spiro atoms. The Kier molecular flexibility index (Phi) is 9.04. The van der Waals surface area contributed by atoms with E-state index in [0.29, 0.717) is 28.6 Å². The summed E-state index contributed by atoms with van der Waals surface area (Å²) >= 11 is 12.1. The van der Waals surface area contributed by atoms with Crippen LogP contribution in [0.2, 0.25) is 10.0 Å². The van der Waals surface area contributed by atoms with Crippen LogP contribution < -0.4 is 22.1 Å². The van der Waals surface area contributed by atoms with E-state index in [4.69, 9.17) is 39.8 Å². The minimum atomic E-state index is -1.12. The van der Waals surface area contributed by atoms with Gasteiger partial charge in [-0.3, -0.25) is 9.79 Å². The molecule has 1 rings (SSSR count). The van der Waals surface area contributed by atoms with Gasteiger partial charge in [-0.25, -0.2) is 4.79 Å². The molecule has 1 aromatic carbocycles. The van der Waals surface area contributed by atoms with Crippen LogP contribution in [-0.4, -0.2) is 42.1 Å². The summed E-state index contributed by atoms with van der Waals surface area (Å²) in [4.78, 5) is 26.8. The van der Waals surface area contributed by atoms with Gasteiger partial charge in [-0.2, -0.15) is 0 Å². The molecule has 0 aliphatic carbocycles. The van der Waals surface area contributed by atoms with E-state index in [1.165, 1.54) is 0 Å². The van der Waals surface area contributed by atoms with E-state index >= 15 is 0 Å². The molecule has 1 unspecified atom stereocenters. The first-order valence-electron chi connectivity index (χ1n) is 7.52. The first-order valence-corrected chi connectivity index (χ1v) is 8.28. The van der Waals surface area contributed by atoms with Crippen LogP contribution >= 0.6 is 23.2 Å². The van der Waals surface area contributed by atoms with Crippen molar-refractivity contribution >= 4 is 41.0 Å². The number of carbonyl (C=O) groups excluding carboxylic acids is 1. The number of rotatable bonds is 10. The number of carboxylic acid groups (broad SMARTS) is 1. The standard InChI is InChI=1S/C15H21Cl2N5O3/c16-10-3-1-4-11(17)9(10)7-20-8-13(23)22-12(14(24)25)5-2-6-21-15(18)19/h1,3-4,12,20H,2,5-8H2,(H,22,23)(H,24,25)(H4,18,19,21). The number of amides is 1. The lowest BCUT2D eigenvalue weighted by Gasteiger charge is -2.14. The number of guanidine groups is 1. The Hall–Kier alpha value is -2.03. The summed E-state index contributed by atoms with van der Waals surface area (Å²) in [6.07, 6.45) is 0.645. The predicted molar refractivity (Wildman–Crippen MR) is 97.6 cm³/mol. The number of halogens is 2. The summed E-state index contributed by atoms with van der Waals surface area (Å²) in [6.45, 7) is 0.513. The zero-order chi connectivity index (χ0) is 18.8. The first kappa shape index (κ1) is 21.0. The second-order valence-corrected chi connectivity index (χ2v) is 6.03. The van der Waals surface area contributed by atoms with Gasteiger partial charge in [0, 0.05) is 28.7 Å². The van der Waals surface area contributed by atoms with E-state index in [-0.39, 0.29) is 25.5 Å². The molecule has 0 heterocycles. The summed E-state index contributed by atoms with van der Waals surface area (Å²) in [5.41, 5.74) is 11.0. The van der Waals surface area contributed by atoms with Crippen molar-refractivity contribution in [2.45, 2.75) is 25.4 Å². The quantitative estimate of drug-likeness (QED) is 0.226. The maximum atomic E-state index is 11.9. The van der Waals surface area contributed by atoms with Gasteiger partial charge in [0.25, 0.3) is 0 Å². The number of nitrogens with one attached hydrogen (secondary N) is 2. The van der Waals surface area contributed by atoms with Crippen molar-refractivity contribution in [3.05, 3.63) is 33.8 Å². The van der Waals surface area contributed by atoms with Gasteiger partial charge in [-0.1, -0.05) is 29.3 Å². The first-order chi connectivity index (χ1) is 11.8. The number of nitrogens with zero attached hydrogens (tertiary/aromatic N) is 1. The lowest BCUT2D eigenvalue weighted by atomic mass is 10.1. The van der Waals surface area contributed by atoms with E-state index in [1.54, 1.807) is 18.2 Å². The number of hydrogen-bond acceptors (Lipinski definition) is 4. The van der Waals surface area contributed by atoms with E-state index in [0.717, 1.165) is 0 Å². The number of benzene rings is 1. The van der Waals surface area contributed by atoms with Gasteiger partial charge in [-0.15, -0.1) is 0 Å². The maximum absolute atomic E-state index is 11.9. The van der Waals surface area contributed by atoms with Gasteiger partial charge < -0.3 is 27.2 Å². The monoisotopic (exact) mass is 389 g/mol. The third kappa shape index (κ3) is 8.06. The third-order valence-electron chi connectivity index (χ3n) is 3.23. The normalized spacial score (nSPS) is 11.6. The maximum Gasteiger partial charge on any atom is 0.326 e. The molecule has 0 aliphatic heterocycles. The lowest BCUT2D eigenvalue weighted by molar-refractivity contribution is -0.141. The fraction of sp³-hybridized carbons (Fsp3) is 0.400. The molecule has 0 saturated heterocycles. The molecule has 0 aromatic heterocycles. The zero-order valence-corrected chi connectivity index (χ0v) is 15.0. The molecular weight excluding hydrogens is 369 g/mol. The van der Waals surface area contributed by atoms with Crippen LogP contribution in [0.15, 0.2) is 23.2 Å². The predicted octanol–water partition coefficient (Wildman–Crippen LogP) is 0.706.